The van der Waals surface area contributed by atoms with Crippen LogP contribution in [-0.4, -0.2) is 23.9 Å². The lowest BCUT2D eigenvalue weighted by Gasteiger charge is -2.23. The highest BCUT2D eigenvalue weighted by Crippen LogP contribution is 2.22. The Morgan fingerprint density at radius 1 is 1.38 bits per heavy atom. The molecule has 1 amide bonds. The van der Waals surface area contributed by atoms with E-state index in [4.69, 9.17) is 11.6 Å². The molecule has 1 aromatic heterocycles. The van der Waals surface area contributed by atoms with Gasteiger partial charge in [0.1, 0.15) is 0 Å². The van der Waals surface area contributed by atoms with Crippen molar-refractivity contribution in [1.82, 2.24) is 4.90 Å². The van der Waals surface area contributed by atoms with E-state index in [1.165, 1.54) is 10.4 Å². The van der Waals surface area contributed by atoms with Gasteiger partial charge in [-0.05, 0) is 50.0 Å². The first-order chi connectivity index (χ1) is 9.99. The summed E-state index contributed by atoms with van der Waals surface area (Å²) in [5.41, 5.74) is 1.92. The topological polar surface area (TPSA) is 32.3 Å². The van der Waals surface area contributed by atoms with E-state index in [1.54, 1.807) is 23.5 Å². The van der Waals surface area contributed by atoms with E-state index < -0.39 is 0 Å². The number of halogens is 1. The molecule has 0 saturated heterocycles. The minimum atomic E-state index is -0.234. The maximum absolute atomic E-state index is 12.3. The summed E-state index contributed by atoms with van der Waals surface area (Å²) in [6.07, 6.45) is 0. The number of carbonyl (C=O) groups is 1. The number of thiophene rings is 1. The highest BCUT2D eigenvalue weighted by atomic mass is 35.5. The SMILES string of the molecule is Cc1ccsc1CN(C)C(C)C(=O)Nc1ccccc1Cl. The minimum Gasteiger partial charge on any atom is -0.323 e. The Bertz CT molecular complexity index is 626. The van der Waals surface area contributed by atoms with Crippen molar-refractivity contribution in [3.8, 4) is 0 Å². The average molecular weight is 323 g/mol. The van der Waals surface area contributed by atoms with Crippen molar-refractivity contribution >= 4 is 34.5 Å². The zero-order chi connectivity index (χ0) is 15.4. The lowest BCUT2D eigenvalue weighted by molar-refractivity contribution is -0.120. The largest absolute Gasteiger partial charge is 0.323 e. The van der Waals surface area contributed by atoms with Crippen molar-refractivity contribution in [1.29, 1.82) is 0 Å². The molecule has 0 fully saturated rings. The van der Waals surface area contributed by atoms with E-state index in [-0.39, 0.29) is 11.9 Å². The Kier molecular flexibility index (Phi) is 5.39. The second-order valence-corrected chi connectivity index (χ2v) is 6.49. The van der Waals surface area contributed by atoms with Gasteiger partial charge in [0.2, 0.25) is 5.91 Å². The van der Waals surface area contributed by atoms with Crippen LogP contribution in [0.5, 0.6) is 0 Å². The normalized spacial score (nSPS) is 12.4. The van der Waals surface area contributed by atoms with Crippen LogP contribution in [0.1, 0.15) is 17.4 Å². The van der Waals surface area contributed by atoms with E-state index in [9.17, 15) is 4.79 Å². The second-order valence-electron chi connectivity index (χ2n) is 5.09. The molecule has 0 radical (unpaired) electrons. The van der Waals surface area contributed by atoms with Gasteiger partial charge in [-0.3, -0.25) is 9.69 Å². The number of nitrogens with zero attached hydrogens (tertiary/aromatic N) is 1. The van der Waals surface area contributed by atoms with Crippen LogP contribution < -0.4 is 5.32 Å². The van der Waals surface area contributed by atoms with Gasteiger partial charge < -0.3 is 5.32 Å². The summed E-state index contributed by atoms with van der Waals surface area (Å²) >= 11 is 7.78. The molecule has 5 heteroatoms. The van der Waals surface area contributed by atoms with Gasteiger partial charge in [0, 0.05) is 11.4 Å². The fourth-order valence-corrected chi connectivity index (χ4v) is 3.08. The van der Waals surface area contributed by atoms with Crippen molar-refractivity contribution < 1.29 is 4.79 Å². The molecule has 0 aliphatic carbocycles. The lowest BCUT2D eigenvalue weighted by atomic mass is 10.2. The molecule has 3 nitrogen and oxygen atoms in total. The predicted octanol–water partition coefficient (Wildman–Crippen LogP) is 4.17. The second kappa shape index (κ2) is 7.07. The fourth-order valence-electron chi connectivity index (χ4n) is 1.93. The Balaban J connectivity index is 1.99. The van der Waals surface area contributed by atoms with Crippen LogP contribution in [0.4, 0.5) is 5.69 Å². The maximum atomic E-state index is 12.3. The van der Waals surface area contributed by atoms with Crippen molar-refractivity contribution in [3.63, 3.8) is 0 Å². The molecule has 1 heterocycles. The van der Waals surface area contributed by atoms with Gasteiger partial charge in [-0.1, -0.05) is 23.7 Å². The number of rotatable bonds is 5. The van der Waals surface area contributed by atoms with Gasteiger partial charge in [-0.25, -0.2) is 0 Å². The van der Waals surface area contributed by atoms with Crippen molar-refractivity contribution in [2.75, 3.05) is 12.4 Å². The monoisotopic (exact) mass is 322 g/mol. The fraction of sp³-hybridized carbons (Fsp3) is 0.312. The summed E-state index contributed by atoms with van der Waals surface area (Å²) < 4.78 is 0. The first kappa shape index (κ1) is 16.0. The first-order valence-corrected chi connectivity index (χ1v) is 8.03. The molecular weight excluding hydrogens is 304 g/mol. The van der Waals surface area contributed by atoms with E-state index in [2.05, 4.69) is 23.7 Å². The molecule has 1 N–H and O–H groups in total. The average Bonchev–Trinajstić information content (AvgIpc) is 2.86. The third-order valence-electron chi connectivity index (χ3n) is 3.53. The Hall–Kier alpha value is -1.36. The molecule has 0 saturated carbocycles. The van der Waals surface area contributed by atoms with Crippen LogP contribution in [-0.2, 0) is 11.3 Å². The molecular formula is C16H19ClN2OS. The number of likely N-dealkylation sites (N-methyl/N-ethyl adjacent to an activating group) is 1. The van der Waals surface area contributed by atoms with E-state index >= 15 is 0 Å². The Morgan fingerprint density at radius 3 is 2.71 bits per heavy atom. The third kappa shape index (κ3) is 4.06. The summed E-state index contributed by atoms with van der Waals surface area (Å²) in [4.78, 5) is 15.6. The van der Waals surface area contributed by atoms with Crippen molar-refractivity contribution in [2.45, 2.75) is 26.4 Å². The molecule has 112 valence electrons. The maximum Gasteiger partial charge on any atom is 0.241 e. The van der Waals surface area contributed by atoms with Crippen molar-refractivity contribution in [3.05, 3.63) is 51.2 Å². The molecule has 0 spiro atoms. The standard InChI is InChI=1S/C16H19ClN2OS/c1-11-8-9-21-15(11)10-19(3)12(2)16(20)18-14-7-5-4-6-13(14)17/h4-9,12H,10H2,1-3H3,(H,18,20). The van der Waals surface area contributed by atoms with Crippen LogP contribution in [0, 0.1) is 6.92 Å². The summed E-state index contributed by atoms with van der Waals surface area (Å²) in [5.74, 6) is -0.0557. The van der Waals surface area contributed by atoms with Crippen molar-refractivity contribution in [2.24, 2.45) is 0 Å². The third-order valence-corrected chi connectivity index (χ3v) is 4.87. The number of amides is 1. The van der Waals surface area contributed by atoms with E-state index in [0.717, 1.165) is 6.54 Å². The number of hydrogen-bond donors (Lipinski definition) is 1. The Morgan fingerprint density at radius 2 is 2.10 bits per heavy atom. The quantitative estimate of drug-likeness (QED) is 0.896. The number of carbonyl (C=O) groups excluding carboxylic acids is 1. The number of anilines is 1. The lowest BCUT2D eigenvalue weighted by Crippen LogP contribution is -2.39. The number of nitrogens with one attached hydrogen (secondary N) is 1. The summed E-state index contributed by atoms with van der Waals surface area (Å²) in [7, 11) is 1.95. The zero-order valence-corrected chi connectivity index (χ0v) is 14.0. The van der Waals surface area contributed by atoms with Gasteiger partial charge in [0.05, 0.1) is 16.8 Å². The summed E-state index contributed by atoms with van der Waals surface area (Å²) in [6, 6.07) is 9.12. The van der Waals surface area contributed by atoms with E-state index in [0.29, 0.717) is 10.7 Å². The molecule has 0 aliphatic rings. The van der Waals surface area contributed by atoms with Gasteiger partial charge >= 0.3 is 0 Å². The van der Waals surface area contributed by atoms with Crippen LogP contribution >= 0.6 is 22.9 Å². The smallest absolute Gasteiger partial charge is 0.241 e. The highest BCUT2D eigenvalue weighted by molar-refractivity contribution is 7.10. The van der Waals surface area contributed by atoms with Crippen LogP contribution in [0.3, 0.4) is 0 Å². The first-order valence-electron chi connectivity index (χ1n) is 6.77. The Labute approximate surface area is 134 Å². The number of benzene rings is 1. The number of para-hydroxylation sites is 1. The minimum absolute atomic E-state index is 0.0557. The van der Waals surface area contributed by atoms with Gasteiger partial charge in [0.15, 0.2) is 0 Å². The highest BCUT2D eigenvalue weighted by Gasteiger charge is 2.19. The molecule has 0 bridgehead atoms. The molecule has 1 aromatic carbocycles. The number of hydrogen-bond acceptors (Lipinski definition) is 3. The van der Waals surface area contributed by atoms with Crippen LogP contribution in [0.2, 0.25) is 5.02 Å². The summed E-state index contributed by atoms with van der Waals surface area (Å²) in [6.45, 7) is 4.75. The van der Waals surface area contributed by atoms with Gasteiger partial charge in [-0.15, -0.1) is 11.3 Å². The molecule has 1 atom stereocenters. The van der Waals surface area contributed by atoms with Gasteiger partial charge in [0.25, 0.3) is 0 Å². The van der Waals surface area contributed by atoms with Crippen LogP contribution in [0.15, 0.2) is 35.7 Å². The molecule has 2 rings (SSSR count). The molecule has 21 heavy (non-hydrogen) atoms. The molecule has 1 unspecified atom stereocenters. The van der Waals surface area contributed by atoms with E-state index in [1.807, 2.05) is 31.0 Å². The van der Waals surface area contributed by atoms with Gasteiger partial charge in [-0.2, -0.15) is 0 Å². The molecule has 2 aromatic rings. The predicted molar refractivity (Wildman–Crippen MR) is 90.1 cm³/mol. The summed E-state index contributed by atoms with van der Waals surface area (Å²) in [5, 5.41) is 5.50. The molecule has 0 aliphatic heterocycles. The number of aryl methyl sites for hydroxylation is 1. The van der Waals surface area contributed by atoms with Crippen LogP contribution in [0.25, 0.3) is 0 Å². The zero-order valence-electron chi connectivity index (χ0n) is 12.4.